The summed E-state index contributed by atoms with van der Waals surface area (Å²) in [5, 5.41) is 33.8. The van der Waals surface area contributed by atoms with E-state index in [4.69, 9.17) is 25.2 Å². The normalized spacial score (nSPS) is 11.0. The number of hydrogen-bond acceptors (Lipinski definition) is 7. The highest BCUT2D eigenvalue weighted by molar-refractivity contribution is 5.88. The quantitative estimate of drug-likeness (QED) is 0.302. The predicted octanol–water partition coefficient (Wildman–Crippen LogP) is 2.15. The molecule has 2 aromatic rings. The fraction of sp³-hybridized carbons (Fsp3) is 0.391. The SMILES string of the molecule is COCCCN(Cc1ccccn1)Cc1ccc(F)cc1F.O=C(O)CC(O)(CC(=O)O)C(=O)O. The third kappa shape index (κ3) is 11.5. The Morgan fingerprint density at radius 1 is 1.03 bits per heavy atom. The topological polar surface area (TPSA) is 157 Å². The number of aliphatic hydroxyl groups is 1. The fourth-order valence-electron chi connectivity index (χ4n) is 2.97. The van der Waals surface area contributed by atoms with Crippen molar-refractivity contribution in [2.24, 2.45) is 0 Å². The van der Waals surface area contributed by atoms with Gasteiger partial charge in [0, 0.05) is 51.2 Å². The molecule has 0 radical (unpaired) electrons. The molecule has 192 valence electrons. The second-order valence-corrected chi connectivity index (χ2v) is 7.59. The third-order valence-corrected chi connectivity index (χ3v) is 4.63. The lowest BCUT2D eigenvalue weighted by Gasteiger charge is -2.22. The molecule has 0 saturated carbocycles. The molecule has 0 amide bonds. The number of halogens is 2. The van der Waals surface area contributed by atoms with E-state index < -0.39 is 48.0 Å². The van der Waals surface area contributed by atoms with E-state index in [2.05, 4.69) is 9.88 Å². The van der Waals surface area contributed by atoms with Crippen LogP contribution < -0.4 is 0 Å². The van der Waals surface area contributed by atoms with Crippen molar-refractivity contribution in [3.63, 3.8) is 0 Å². The van der Waals surface area contributed by atoms with Crippen LogP contribution in [0.3, 0.4) is 0 Å². The number of rotatable bonds is 13. The van der Waals surface area contributed by atoms with E-state index in [0.717, 1.165) is 24.7 Å². The average molecular weight is 498 g/mol. The van der Waals surface area contributed by atoms with E-state index in [-0.39, 0.29) is 0 Å². The van der Waals surface area contributed by atoms with Gasteiger partial charge >= 0.3 is 17.9 Å². The second-order valence-electron chi connectivity index (χ2n) is 7.59. The lowest BCUT2D eigenvalue weighted by Crippen LogP contribution is -2.42. The van der Waals surface area contributed by atoms with Crippen LogP contribution in [0, 0.1) is 11.6 Å². The molecule has 1 heterocycles. The van der Waals surface area contributed by atoms with Crippen molar-refractivity contribution in [2.45, 2.75) is 38.0 Å². The zero-order valence-electron chi connectivity index (χ0n) is 19.1. The van der Waals surface area contributed by atoms with Gasteiger partial charge in [-0.05, 0) is 24.6 Å². The summed E-state index contributed by atoms with van der Waals surface area (Å²) in [5.74, 6) is -6.09. The summed E-state index contributed by atoms with van der Waals surface area (Å²) in [6.07, 6.45) is 0.288. The van der Waals surface area contributed by atoms with Gasteiger partial charge in [-0.15, -0.1) is 0 Å². The van der Waals surface area contributed by atoms with Crippen LogP contribution in [-0.4, -0.2) is 74.1 Å². The number of hydrogen-bond donors (Lipinski definition) is 4. The van der Waals surface area contributed by atoms with Gasteiger partial charge in [0.1, 0.15) is 11.6 Å². The summed E-state index contributed by atoms with van der Waals surface area (Å²) < 4.78 is 31.9. The maximum absolute atomic E-state index is 13.8. The fourth-order valence-corrected chi connectivity index (χ4v) is 2.97. The zero-order valence-corrected chi connectivity index (χ0v) is 19.1. The van der Waals surface area contributed by atoms with E-state index in [1.54, 1.807) is 13.3 Å². The summed E-state index contributed by atoms with van der Waals surface area (Å²) in [4.78, 5) is 36.9. The molecular weight excluding hydrogens is 470 g/mol. The Kier molecular flexibility index (Phi) is 12.4. The van der Waals surface area contributed by atoms with Crippen LogP contribution in [0.5, 0.6) is 0 Å². The van der Waals surface area contributed by atoms with Crippen molar-refractivity contribution in [1.29, 1.82) is 0 Å². The van der Waals surface area contributed by atoms with Gasteiger partial charge in [-0.25, -0.2) is 13.6 Å². The van der Waals surface area contributed by atoms with Crippen molar-refractivity contribution in [2.75, 3.05) is 20.3 Å². The molecule has 1 aromatic carbocycles. The van der Waals surface area contributed by atoms with Crippen LogP contribution in [0.25, 0.3) is 0 Å². The zero-order chi connectivity index (χ0) is 26.4. The first kappa shape index (κ1) is 29.6. The molecule has 0 fully saturated rings. The van der Waals surface area contributed by atoms with Crippen LogP contribution in [0.1, 0.15) is 30.5 Å². The van der Waals surface area contributed by atoms with Gasteiger partial charge in [0.15, 0.2) is 5.60 Å². The summed E-state index contributed by atoms with van der Waals surface area (Å²) in [7, 11) is 1.66. The number of aromatic nitrogens is 1. The molecular formula is C23H28F2N2O8. The first-order valence-corrected chi connectivity index (χ1v) is 10.4. The van der Waals surface area contributed by atoms with Gasteiger partial charge in [-0.1, -0.05) is 12.1 Å². The number of ether oxygens (including phenoxy) is 1. The van der Waals surface area contributed by atoms with Crippen LogP contribution >= 0.6 is 0 Å². The number of nitrogens with zero attached hydrogens (tertiary/aromatic N) is 2. The van der Waals surface area contributed by atoms with Gasteiger partial charge in [-0.2, -0.15) is 0 Å². The minimum absolute atomic E-state index is 0.409. The lowest BCUT2D eigenvalue weighted by atomic mass is 9.96. The van der Waals surface area contributed by atoms with Crippen molar-refractivity contribution in [3.05, 3.63) is 65.5 Å². The molecule has 0 unspecified atom stereocenters. The molecule has 0 aliphatic heterocycles. The summed E-state index contributed by atoms with van der Waals surface area (Å²) in [6, 6.07) is 9.42. The highest BCUT2D eigenvalue weighted by atomic mass is 19.1. The lowest BCUT2D eigenvalue weighted by molar-refractivity contribution is -0.170. The molecule has 12 heteroatoms. The Bertz CT molecular complexity index is 959. The first-order valence-electron chi connectivity index (χ1n) is 10.4. The standard InChI is InChI=1S/C17H20F2N2O.C6H8O7/c1-22-10-4-9-21(13-16-5-2-3-8-20-16)12-14-6-7-15(18)11-17(14)19;7-3(8)1-6(13,5(11)12)2-4(9)10/h2-3,5-8,11H,4,9-10,12-13H2,1H3;13H,1-2H2,(H,7,8)(H,9,10)(H,11,12). The number of benzene rings is 1. The third-order valence-electron chi connectivity index (χ3n) is 4.63. The van der Waals surface area contributed by atoms with Crippen molar-refractivity contribution < 1.29 is 48.3 Å². The van der Waals surface area contributed by atoms with E-state index in [0.29, 0.717) is 25.3 Å². The van der Waals surface area contributed by atoms with Crippen molar-refractivity contribution in [1.82, 2.24) is 9.88 Å². The number of carboxylic acids is 3. The minimum atomic E-state index is -2.74. The molecule has 0 bridgehead atoms. The van der Waals surface area contributed by atoms with Crippen LogP contribution in [0.4, 0.5) is 8.78 Å². The Morgan fingerprint density at radius 2 is 1.69 bits per heavy atom. The van der Waals surface area contributed by atoms with Crippen LogP contribution in [0.15, 0.2) is 42.6 Å². The van der Waals surface area contributed by atoms with Gasteiger partial charge in [0.05, 0.1) is 18.5 Å². The first-order chi connectivity index (χ1) is 16.5. The number of methoxy groups -OCH3 is 1. The molecule has 2 rings (SSSR count). The average Bonchev–Trinajstić information content (AvgIpc) is 2.75. The Balaban J connectivity index is 0.000000405. The molecule has 4 N–H and O–H groups in total. The molecule has 10 nitrogen and oxygen atoms in total. The summed E-state index contributed by atoms with van der Waals surface area (Å²) in [6.45, 7) is 2.42. The summed E-state index contributed by atoms with van der Waals surface area (Å²) in [5.41, 5.74) is -1.34. The van der Waals surface area contributed by atoms with Crippen molar-refractivity contribution in [3.8, 4) is 0 Å². The maximum atomic E-state index is 13.8. The number of carbonyl (C=O) groups is 3. The number of pyridine rings is 1. The monoisotopic (exact) mass is 498 g/mol. The van der Waals surface area contributed by atoms with Gasteiger partial charge in [-0.3, -0.25) is 19.5 Å². The highest BCUT2D eigenvalue weighted by Gasteiger charge is 2.40. The van der Waals surface area contributed by atoms with Crippen LogP contribution in [-0.2, 0) is 32.2 Å². The maximum Gasteiger partial charge on any atom is 0.336 e. The Hall–Kier alpha value is -3.48. The molecule has 0 aliphatic carbocycles. The van der Waals surface area contributed by atoms with E-state index in [1.807, 2.05) is 18.2 Å². The second kappa shape index (κ2) is 14.7. The van der Waals surface area contributed by atoms with Gasteiger partial charge in [0.2, 0.25) is 0 Å². The summed E-state index contributed by atoms with van der Waals surface area (Å²) >= 11 is 0. The molecule has 0 atom stereocenters. The Labute approximate surface area is 200 Å². The largest absolute Gasteiger partial charge is 0.481 e. The van der Waals surface area contributed by atoms with E-state index in [9.17, 15) is 23.2 Å². The smallest absolute Gasteiger partial charge is 0.336 e. The van der Waals surface area contributed by atoms with E-state index in [1.165, 1.54) is 12.1 Å². The predicted molar refractivity (Wildman–Crippen MR) is 118 cm³/mol. The molecule has 0 aliphatic rings. The highest BCUT2D eigenvalue weighted by Crippen LogP contribution is 2.16. The van der Waals surface area contributed by atoms with Crippen molar-refractivity contribution >= 4 is 17.9 Å². The molecule has 0 saturated heterocycles. The van der Waals surface area contributed by atoms with Crippen LogP contribution in [0.2, 0.25) is 0 Å². The number of carboxylic acid groups (broad SMARTS) is 3. The molecule has 35 heavy (non-hydrogen) atoms. The molecule has 1 aromatic heterocycles. The Morgan fingerprint density at radius 3 is 2.17 bits per heavy atom. The van der Waals surface area contributed by atoms with E-state index >= 15 is 0 Å². The molecule has 0 spiro atoms. The number of aliphatic carboxylic acids is 3. The van der Waals surface area contributed by atoms with Gasteiger partial charge < -0.3 is 25.2 Å². The minimum Gasteiger partial charge on any atom is -0.481 e. The van der Waals surface area contributed by atoms with Gasteiger partial charge in [0.25, 0.3) is 0 Å².